The van der Waals surface area contributed by atoms with Crippen LogP contribution in [-0.4, -0.2) is 354 Å². The summed E-state index contributed by atoms with van der Waals surface area (Å²) in [6.07, 6.45) is -1.77. The number of guanidine groups is 2. The van der Waals surface area contributed by atoms with Crippen LogP contribution in [0.3, 0.4) is 0 Å². The first-order chi connectivity index (χ1) is 68.4. The number of unbranched alkanes of at least 4 members (excludes halogenated alkanes) is 2. The van der Waals surface area contributed by atoms with Gasteiger partial charge in [0.05, 0.1) is 39.1 Å². The van der Waals surface area contributed by atoms with E-state index in [4.69, 9.17) is 22.3 Å². The van der Waals surface area contributed by atoms with Gasteiger partial charge >= 0.3 is 23.9 Å². The number of fused-ring (bicyclic) bond motifs is 2. The molecule has 46 heteroatoms. The number of nitrogens with zero attached hydrogens (tertiary/aromatic N) is 6. The van der Waals surface area contributed by atoms with Gasteiger partial charge in [-0.1, -0.05) is 116 Å². The van der Waals surface area contributed by atoms with E-state index in [-0.39, 0.29) is 211 Å². The molecular weight excluding hydrogens is 1850 g/mol. The second kappa shape index (κ2) is 56.8. The highest BCUT2D eigenvalue weighted by atomic mass is 16.4. The molecule has 3 fully saturated rings. The highest BCUT2D eigenvalue weighted by Crippen LogP contribution is 2.23. The molecule has 25 N–H and O–H groups in total. The number of carbonyl (C=O) groups excluding carboxylic acids is 14. The van der Waals surface area contributed by atoms with E-state index in [1.807, 2.05) is 72.8 Å². The number of carboxylic acids is 3. The van der Waals surface area contributed by atoms with E-state index in [2.05, 4.69) is 74.4 Å². The molecule has 0 unspecified atom stereocenters. The van der Waals surface area contributed by atoms with Gasteiger partial charge in [-0.3, -0.25) is 102 Å². The van der Waals surface area contributed by atoms with Gasteiger partial charge in [0.2, 0.25) is 76.8 Å². The molecule has 3 heterocycles. The molecule has 9 atom stereocenters. The molecule has 143 heavy (non-hydrogen) atoms. The van der Waals surface area contributed by atoms with Crippen LogP contribution in [0.2, 0.25) is 0 Å². The molecule has 0 aliphatic carbocycles. The quantitative estimate of drug-likeness (QED) is 0.0107. The van der Waals surface area contributed by atoms with Crippen molar-refractivity contribution in [3.05, 3.63) is 156 Å². The van der Waals surface area contributed by atoms with Gasteiger partial charge in [-0.25, -0.2) is 4.79 Å². The minimum Gasteiger partial charge on any atom is -0.508 e. The highest BCUT2D eigenvalue weighted by molar-refractivity contribution is 6.00. The first-order valence-corrected chi connectivity index (χ1v) is 47.7. The van der Waals surface area contributed by atoms with E-state index in [9.17, 15) is 87.9 Å². The molecule has 3 saturated heterocycles. The van der Waals surface area contributed by atoms with Crippen molar-refractivity contribution < 1.29 is 107 Å². The zero-order chi connectivity index (χ0) is 104. The predicted molar refractivity (Wildman–Crippen MR) is 525 cm³/mol. The van der Waals surface area contributed by atoms with Crippen LogP contribution in [0.15, 0.2) is 133 Å². The average Bonchev–Trinajstić information content (AvgIpc) is 1.82. The van der Waals surface area contributed by atoms with E-state index in [0.29, 0.717) is 28.7 Å². The molecule has 3 aliphatic rings. The minimum atomic E-state index is -1.67. The molecule has 0 aromatic heterocycles. The number of carbonyl (C=O) groups is 17. The summed E-state index contributed by atoms with van der Waals surface area (Å²) in [6.45, 7) is -2.44. The van der Waals surface area contributed by atoms with Crippen LogP contribution in [-0.2, 0) is 102 Å². The van der Waals surface area contributed by atoms with E-state index < -0.39 is 188 Å². The molecule has 6 aromatic carbocycles. The SMILES string of the molecule is CN1C(=O)[C@@H](Cc2ccc(O)cc2)NC(=O)CNC(=O)[C@H](Cc2ccc3ccccc3c2)NC(=O)[C@H](CCCNC(=N)N)NC(=O)[C@H]1CCCNC(=O)C[C@@H](NC(=O)CCCCCNC(=O)N1CCN(CC(=O)O)CCN(CC(=O)O)CCN(CC(=O)O)CC1)C(=O)NCCC[C@@H]1C(=O)N[C@@H](CCCNC(=N)N)C(=O)N[C@@H](Cc2ccc3ccccc3c2)C(=O)NCC(=O)N[C@H](Cc2ccc(O)cc2)C(=O)N1C. The third-order valence-electron chi connectivity index (χ3n) is 24.6. The Balaban J connectivity index is 0.957. The zero-order valence-electron chi connectivity index (χ0n) is 80.2. The van der Waals surface area contributed by atoms with Crippen molar-refractivity contribution >= 4 is 134 Å². The van der Waals surface area contributed by atoms with Gasteiger partial charge in [0.15, 0.2) is 11.9 Å². The molecular formula is C97H132N24O22. The maximum absolute atomic E-state index is 15.3. The number of aromatic hydroxyl groups is 2. The Morgan fingerprint density at radius 1 is 0.385 bits per heavy atom. The number of carboxylic acid groups (broad SMARTS) is 3. The lowest BCUT2D eigenvalue weighted by atomic mass is 10.00. The van der Waals surface area contributed by atoms with Crippen LogP contribution < -0.4 is 85.9 Å². The lowest BCUT2D eigenvalue weighted by Gasteiger charge is -2.33. The second-order valence-corrected chi connectivity index (χ2v) is 35.6. The molecule has 9 rings (SSSR count). The van der Waals surface area contributed by atoms with Crippen molar-refractivity contribution in [3.8, 4) is 11.5 Å². The number of benzene rings is 6. The largest absolute Gasteiger partial charge is 0.508 e. The van der Waals surface area contributed by atoms with Crippen LogP contribution in [0.1, 0.15) is 106 Å². The second-order valence-electron chi connectivity index (χ2n) is 35.6. The van der Waals surface area contributed by atoms with Crippen molar-refractivity contribution in [2.75, 3.05) is 132 Å². The summed E-state index contributed by atoms with van der Waals surface area (Å²) in [5.41, 5.74) is 13.4. The van der Waals surface area contributed by atoms with Crippen LogP contribution >= 0.6 is 0 Å². The van der Waals surface area contributed by atoms with Gasteiger partial charge in [0.25, 0.3) is 0 Å². The summed E-state index contributed by atoms with van der Waals surface area (Å²) < 4.78 is 0. The van der Waals surface area contributed by atoms with Crippen LogP contribution in [0.5, 0.6) is 11.5 Å². The predicted octanol–water partition coefficient (Wildman–Crippen LogP) is -2.56. The summed E-state index contributed by atoms with van der Waals surface area (Å²) in [4.78, 5) is 248. The Bertz CT molecular complexity index is 5430. The van der Waals surface area contributed by atoms with E-state index >= 15 is 19.2 Å². The normalized spacial score (nSPS) is 19.9. The number of amides is 15. The Labute approximate surface area is 826 Å². The maximum atomic E-state index is 15.3. The minimum absolute atomic E-state index is 0.000745. The van der Waals surface area contributed by atoms with Gasteiger partial charge in [0.1, 0.15) is 65.9 Å². The fourth-order valence-electron chi connectivity index (χ4n) is 16.9. The van der Waals surface area contributed by atoms with Gasteiger partial charge in [-0.05, 0) is 132 Å². The topological polar surface area (TPSA) is 679 Å². The molecule has 0 radical (unpaired) electrons. The third kappa shape index (κ3) is 38.0. The molecule has 6 aromatic rings. The van der Waals surface area contributed by atoms with Crippen LogP contribution in [0, 0.1) is 10.8 Å². The third-order valence-corrected chi connectivity index (χ3v) is 24.6. The molecule has 772 valence electrons. The number of urea groups is 1. The Morgan fingerprint density at radius 3 is 1.16 bits per heavy atom. The van der Waals surface area contributed by atoms with Gasteiger partial charge in [0, 0.05) is 131 Å². The number of nitrogens with one attached hydrogen (secondary N) is 16. The van der Waals surface area contributed by atoms with Gasteiger partial charge in [-0.15, -0.1) is 0 Å². The maximum Gasteiger partial charge on any atom is 0.317 e. The van der Waals surface area contributed by atoms with Crippen molar-refractivity contribution in [2.45, 2.75) is 164 Å². The first kappa shape index (κ1) is 111. The summed E-state index contributed by atoms with van der Waals surface area (Å²) in [5, 5.41) is 106. The number of nitrogens with two attached hydrogens (primary N) is 2. The summed E-state index contributed by atoms with van der Waals surface area (Å²) in [5.74, 6) is -15.3. The van der Waals surface area contributed by atoms with Gasteiger partial charge in [-0.2, -0.15) is 0 Å². The monoisotopic (exact) mass is 1980 g/mol. The number of rotatable bonds is 40. The van der Waals surface area contributed by atoms with E-state index in [0.717, 1.165) is 31.3 Å². The smallest absolute Gasteiger partial charge is 0.317 e. The lowest BCUT2D eigenvalue weighted by Crippen LogP contribution is -2.58. The standard InChI is InChI=1S/C97H132N24O22/c1-116-77(91(139)112-70(18-10-38-104-95(98)99)89(137)114-72(52-62-23-29-64-14-5-7-16-66(64)48-62)87(135)107-55-81(126)110-75(93(116)141)50-60-25-31-68(122)32-26-60)20-12-36-102-80(125)54-74(109-79(124)22-4-3-9-35-106-97(143)121-46-44-119(58-84(130)131)42-40-118(57-83(128)129)41-43-120(45-47-121)59-85(132)133)86(134)103-37-13-21-78-92(140)113-71(19-11-39-105-96(100)101)90(138)115-73(53-63-24-30-65-15-6-8-17-67(65)49-63)88(136)108-56-82(127)111-76(94(142)117(78)2)51-61-27-33-69(123)34-28-61/h5-8,14-17,23-34,48-49,70-78,122-123H,3-4,9-13,18-22,35-47,50-59H2,1-2H3,(H,102,125)(H,103,134)(H,106,143)(H,107,135)(H,108,136)(H,109,124)(H,110,126)(H,111,127)(H,112,139)(H,113,140)(H,114,137)(H,115,138)(H,128,129)(H,130,131)(H,132,133)(H4,98,99,104)(H4,100,101,105)/t70-,71-,72-,73-,74+,75+,76+,77+,78+/m0/s1. The van der Waals surface area contributed by atoms with Gasteiger partial charge < -0.3 is 126 Å². The van der Waals surface area contributed by atoms with Crippen LogP contribution in [0.25, 0.3) is 21.5 Å². The average molecular weight is 1990 g/mol. The number of phenols is 2. The van der Waals surface area contributed by atoms with E-state index in [1.54, 1.807) is 26.8 Å². The fourth-order valence-corrected chi connectivity index (χ4v) is 16.9. The molecule has 0 spiro atoms. The summed E-state index contributed by atoms with van der Waals surface area (Å²) >= 11 is 0. The van der Waals surface area contributed by atoms with Crippen LogP contribution in [0.4, 0.5) is 4.79 Å². The van der Waals surface area contributed by atoms with Crippen molar-refractivity contribution in [1.82, 2.24) is 104 Å². The molecule has 3 aliphatic heterocycles. The van der Waals surface area contributed by atoms with Crippen molar-refractivity contribution in [2.24, 2.45) is 11.5 Å². The lowest BCUT2D eigenvalue weighted by molar-refractivity contribution is -0.142. The van der Waals surface area contributed by atoms with Crippen molar-refractivity contribution in [1.29, 1.82) is 10.8 Å². The molecule has 0 saturated carbocycles. The zero-order valence-corrected chi connectivity index (χ0v) is 80.2. The number of hydrogen-bond acceptors (Lipinski definition) is 24. The molecule has 15 amide bonds. The van der Waals surface area contributed by atoms with E-state index in [1.165, 1.54) is 67.5 Å². The Hall–Kier alpha value is -15.4. The number of likely N-dealkylation sites (N-methyl/N-ethyl adjacent to an activating group) is 2. The fraction of sp³-hybridized carbons (Fsp3) is 0.474. The molecule has 0 bridgehead atoms. The Morgan fingerprint density at radius 2 is 0.748 bits per heavy atom. The molecule has 46 nitrogen and oxygen atoms in total. The number of phenolic OH excluding ortho intramolecular Hbond substituents is 2. The first-order valence-electron chi connectivity index (χ1n) is 47.7. The summed E-state index contributed by atoms with van der Waals surface area (Å²) in [6, 6.07) is 23.5. The number of aliphatic carboxylic acids is 3. The Kier molecular flexibility index (Phi) is 44.2. The highest BCUT2D eigenvalue weighted by Gasteiger charge is 2.40. The number of hydrogen-bond donors (Lipinski definition) is 23. The summed E-state index contributed by atoms with van der Waals surface area (Å²) in [7, 11) is 2.58. The van der Waals surface area contributed by atoms with Crippen molar-refractivity contribution in [3.63, 3.8) is 0 Å².